The van der Waals surface area contributed by atoms with Crippen LogP contribution in [0.3, 0.4) is 0 Å². The van der Waals surface area contributed by atoms with Gasteiger partial charge in [-0.1, -0.05) is 36.9 Å². The van der Waals surface area contributed by atoms with E-state index >= 15 is 0 Å². The minimum atomic E-state index is -0.0527. The molecule has 15 heavy (non-hydrogen) atoms. The summed E-state index contributed by atoms with van der Waals surface area (Å²) in [6.07, 6.45) is 1.96. The predicted molar refractivity (Wildman–Crippen MR) is 62.6 cm³/mol. The molecule has 1 aromatic rings. The predicted octanol–water partition coefficient (Wildman–Crippen LogP) is 2.31. The fraction of sp³-hybridized carbons (Fsp3) is 0.308. The molecule has 0 bridgehead atoms. The van der Waals surface area contributed by atoms with Crippen LogP contribution in [0.2, 0.25) is 0 Å². The van der Waals surface area contributed by atoms with E-state index in [1.807, 2.05) is 18.2 Å². The molecule has 2 nitrogen and oxygen atoms in total. The summed E-state index contributed by atoms with van der Waals surface area (Å²) in [7, 11) is 0. The minimum absolute atomic E-state index is 0.0527. The summed E-state index contributed by atoms with van der Waals surface area (Å²) in [5, 5.41) is 2.81. The molecule has 1 amide bonds. The van der Waals surface area contributed by atoms with Crippen LogP contribution in [0, 0.1) is 0 Å². The number of hydrogen-bond acceptors (Lipinski definition) is 1. The summed E-state index contributed by atoms with van der Waals surface area (Å²) in [6, 6.07) is 10.3. The first-order valence-electron chi connectivity index (χ1n) is 5.18. The third-order valence-electron chi connectivity index (χ3n) is 2.16. The zero-order chi connectivity index (χ0) is 11.1. The van der Waals surface area contributed by atoms with Gasteiger partial charge in [0, 0.05) is 12.1 Å². The van der Waals surface area contributed by atoms with Crippen LogP contribution in [0.5, 0.6) is 0 Å². The third-order valence-corrected chi connectivity index (χ3v) is 2.16. The molecule has 0 saturated heterocycles. The van der Waals surface area contributed by atoms with E-state index in [1.54, 1.807) is 6.92 Å². The molecular formula is C13H17NO. The molecular weight excluding hydrogens is 186 g/mol. The maximum absolute atomic E-state index is 11.1. The van der Waals surface area contributed by atoms with Crippen molar-refractivity contribution >= 4 is 5.91 Å². The van der Waals surface area contributed by atoms with E-state index < -0.39 is 0 Å². The monoisotopic (exact) mass is 203 g/mol. The van der Waals surface area contributed by atoms with Crippen molar-refractivity contribution in [3.05, 3.63) is 48.0 Å². The fourth-order valence-corrected chi connectivity index (χ4v) is 1.29. The normalized spacial score (nSPS) is 9.67. The molecule has 0 atom stereocenters. The summed E-state index contributed by atoms with van der Waals surface area (Å²) in [5.41, 5.74) is 1.87. The summed E-state index contributed by atoms with van der Waals surface area (Å²) in [4.78, 5) is 11.1. The van der Waals surface area contributed by atoms with Crippen LogP contribution in [0.1, 0.15) is 18.9 Å². The molecule has 0 unspecified atom stereocenters. The lowest BCUT2D eigenvalue weighted by Crippen LogP contribution is -2.24. The second-order valence-electron chi connectivity index (χ2n) is 3.63. The van der Waals surface area contributed by atoms with Gasteiger partial charge >= 0.3 is 0 Å². The molecule has 0 aromatic heterocycles. The Kier molecular flexibility index (Phi) is 4.61. The van der Waals surface area contributed by atoms with Crippen LogP contribution in [-0.2, 0) is 11.2 Å². The van der Waals surface area contributed by atoms with Crippen LogP contribution in [0.15, 0.2) is 42.5 Å². The molecule has 0 heterocycles. The summed E-state index contributed by atoms with van der Waals surface area (Å²) in [5.74, 6) is -0.0527. The zero-order valence-electron chi connectivity index (χ0n) is 9.12. The van der Waals surface area contributed by atoms with E-state index in [4.69, 9.17) is 0 Å². The molecule has 0 fully saturated rings. The van der Waals surface area contributed by atoms with E-state index in [2.05, 4.69) is 24.0 Å². The second-order valence-corrected chi connectivity index (χ2v) is 3.63. The average molecular weight is 203 g/mol. The van der Waals surface area contributed by atoms with Gasteiger partial charge in [-0.25, -0.2) is 0 Å². The van der Waals surface area contributed by atoms with Crippen LogP contribution in [0.25, 0.3) is 0 Å². The molecule has 0 aliphatic rings. The Bertz CT molecular complexity index is 330. The van der Waals surface area contributed by atoms with E-state index in [1.165, 1.54) is 5.56 Å². The van der Waals surface area contributed by atoms with E-state index in [9.17, 15) is 4.79 Å². The van der Waals surface area contributed by atoms with Crippen molar-refractivity contribution in [3.8, 4) is 0 Å². The number of rotatable bonds is 5. The molecule has 1 N–H and O–H groups in total. The van der Waals surface area contributed by atoms with Crippen LogP contribution in [0.4, 0.5) is 0 Å². The van der Waals surface area contributed by atoms with Gasteiger partial charge in [-0.05, 0) is 25.3 Å². The maximum Gasteiger partial charge on any atom is 0.246 e. The largest absolute Gasteiger partial charge is 0.352 e. The van der Waals surface area contributed by atoms with Crippen molar-refractivity contribution < 1.29 is 4.79 Å². The molecule has 80 valence electrons. The van der Waals surface area contributed by atoms with Crippen molar-refractivity contribution in [3.63, 3.8) is 0 Å². The lowest BCUT2D eigenvalue weighted by Gasteiger charge is -2.04. The van der Waals surface area contributed by atoms with Crippen molar-refractivity contribution in [2.45, 2.75) is 19.8 Å². The maximum atomic E-state index is 11.1. The van der Waals surface area contributed by atoms with Crippen LogP contribution in [-0.4, -0.2) is 12.5 Å². The quantitative estimate of drug-likeness (QED) is 0.577. The zero-order valence-corrected chi connectivity index (χ0v) is 9.12. The number of carbonyl (C=O) groups is 1. The highest BCUT2D eigenvalue weighted by molar-refractivity contribution is 5.91. The second kappa shape index (κ2) is 6.02. The minimum Gasteiger partial charge on any atom is -0.352 e. The van der Waals surface area contributed by atoms with Gasteiger partial charge in [0.2, 0.25) is 5.91 Å². The number of hydrogen-bond donors (Lipinski definition) is 1. The molecule has 0 aliphatic heterocycles. The highest BCUT2D eigenvalue weighted by atomic mass is 16.1. The van der Waals surface area contributed by atoms with E-state index in [-0.39, 0.29) is 5.91 Å². The van der Waals surface area contributed by atoms with Gasteiger partial charge < -0.3 is 5.32 Å². The Hall–Kier alpha value is -1.57. The highest BCUT2D eigenvalue weighted by Crippen LogP contribution is 2.01. The van der Waals surface area contributed by atoms with E-state index in [0.29, 0.717) is 12.1 Å². The van der Waals surface area contributed by atoms with Crippen molar-refractivity contribution in [2.24, 2.45) is 0 Å². The van der Waals surface area contributed by atoms with Crippen molar-refractivity contribution in [1.82, 2.24) is 5.32 Å². The fourth-order valence-electron chi connectivity index (χ4n) is 1.29. The molecule has 1 rings (SSSR count). The molecule has 2 heteroatoms. The lowest BCUT2D eigenvalue weighted by atomic mass is 10.1. The third kappa shape index (κ3) is 4.45. The Balaban J connectivity index is 2.18. The van der Waals surface area contributed by atoms with Gasteiger partial charge in [-0.2, -0.15) is 0 Å². The molecule has 0 radical (unpaired) electrons. The first kappa shape index (κ1) is 11.5. The topological polar surface area (TPSA) is 29.1 Å². The standard InChI is InChI=1S/C13H17NO/c1-11(2)13(15)14-10-6-9-12-7-4-3-5-8-12/h3-5,7-8H,1,6,9-10H2,2H3,(H,14,15). The number of benzene rings is 1. The average Bonchev–Trinajstić information content (AvgIpc) is 2.25. The van der Waals surface area contributed by atoms with Crippen LogP contribution < -0.4 is 5.32 Å². The number of aryl methyl sites for hydroxylation is 1. The Labute approximate surface area is 91.0 Å². The number of carbonyl (C=O) groups excluding carboxylic acids is 1. The summed E-state index contributed by atoms with van der Waals surface area (Å²) >= 11 is 0. The highest BCUT2D eigenvalue weighted by Gasteiger charge is 1.99. The summed E-state index contributed by atoms with van der Waals surface area (Å²) < 4.78 is 0. The van der Waals surface area contributed by atoms with Gasteiger partial charge in [-0.3, -0.25) is 4.79 Å². The smallest absolute Gasteiger partial charge is 0.246 e. The Morgan fingerprint density at radius 1 is 1.33 bits per heavy atom. The van der Waals surface area contributed by atoms with Gasteiger partial charge in [0.25, 0.3) is 0 Å². The van der Waals surface area contributed by atoms with Gasteiger partial charge in [0.1, 0.15) is 0 Å². The Morgan fingerprint density at radius 3 is 2.60 bits per heavy atom. The van der Waals surface area contributed by atoms with Crippen LogP contribution >= 0.6 is 0 Å². The molecule has 0 saturated carbocycles. The SMILES string of the molecule is C=C(C)C(=O)NCCCc1ccccc1. The van der Waals surface area contributed by atoms with Crippen molar-refractivity contribution in [2.75, 3.05) is 6.54 Å². The van der Waals surface area contributed by atoms with E-state index in [0.717, 1.165) is 12.8 Å². The molecule has 1 aromatic carbocycles. The molecule has 0 spiro atoms. The number of amides is 1. The Morgan fingerprint density at radius 2 is 2.00 bits per heavy atom. The summed E-state index contributed by atoms with van der Waals surface area (Å²) in [6.45, 7) is 6.00. The van der Waals surface area contributed by atoms with Gasteiger partial charge in [-0.15, -0.1) is 0 Å². The van der Waals surface area contributed by atoms with Gasteiger partial charge in [0.15, 0.2) is 0 Å². The van der Waals surface area contributed by atoms with Crippen molar-refractivity contribution in [1.29, 1.82) is 0 Å². The molecule has 0 aliphatic carbocycles. The number of nitrogens with one attached hydrogen (secondary N) is 1. The lowest BCUT2D eigenvalue weighted by molar-refractivity contribution is -0.117. The van der Waals surface area contributed by atoms with Gasteiger partial charge in [0.05, 0.1) is 0 Å². The first-order valence-corrected chi connectivity index (χ1v) is 5.18. The first-order chi connectivity index (χ1) is 7.20.